The first-order valence-corrected chi connectivity index (χ1v) is 6.35. The first kappa shape index (κ1) is 13.0. The summed E-state index contributed by atoms with van der Waals surface area (Å²) < 4.78 is 5.35. The highest BCUT2D eigenvalue weighted by atomic mass is 16.5. The van der Waals surface area contributed by atoms with E-state index in [4.69, 9.17) is 4.74 Å². The van der Waals surface area contributed by atoms with Crippen molar-refractivity contribution in [2.24, 2.45) is 11.8 Å². The van der Waals surface area contributed by atoms with Gasteiger partial charge in [-0.2, -0.15) is 0 Å². The average molecular weight is 213 g/mol. The molecule has 0 aromatic carbocycles. The third kappa shape index (κ3) is 3.46. The van der Waals surface area contributed by atoms with E-state index in [-0.39, 0.29) is 0 Å². The van der Waals surface area contributed by atoms with Gasteiger partial charge in [-0.15, -0.1) is 0 Å². The van der Waals surface area contributed by atoms with Crippen LogP contribution in [-0.2, 0) is 4.74 Å². The second-order valence-electron chi connectivity index (χ2n) is 5.27. The predicted octanol–water partition coefficient (Wildman–Crippen LogP) is 2.82. The molecule has 0 amide bonds. The molecule has 0 heterocycles. The molecule has 0 spiro atoms. The number of rotatable bonds is 4. The minimum atomic E-state index is 0.300. The Kier molecular flexibility index (Phi) is 5.07. The van der Waals surface area contributed by atoms with Gasteiger partial charge in [0.05, 0.1) is 6.10 Å². The predicted molar refractivity (Wildman–Crippen MR) is 65.0 cm³/mol. The maximum atomic E-state index is 5.35. The highest BCUT2D eigenvalue weighted by Gasteiger charge is 2.28. The Morgan fingerprint density at radius 1 is 1.20 bits per heavy atom. The van der Waals surface area contributed by atoms with Crippen molar-refractivity contribution in [3.05, 3.63) is 0 Å². The van der Waals surface area contributed by atoms with Gasteiger partial charge in [0, 0.05) is 19.2 Å². The molecule has 5 atom stereocenters. The molecule has 0 aliphatic heterocycles. The van der Waals surface area contributed by atoms with Crippen molar-refractivity contribution < 1.29 is 4.74 Å². The van der Waals surface area contributed by atoms with E-state index in [9.17, 15) is 0 Å². The molecule has 1 fully saturated rings. The molecule has 0 aromatic rings. The summed E-state index contributed by atoms with van der Waals surface area (Å²) >= 11 is 0. The van der Waals surface area contributed by atoms with Crippen LogP contribution in [0.3, 0.4) is 0 Å². The zero-order chi connectivity index (χ0) is 11.4. The van der Waals surface area contributed by atoms with E-state index in [1.54, 1.807) is 7.11 Å². The summed E-state index contributed by atoms with van der Waals surface area (Å²) in [6.45, 7) is 9.11. The smallest absolute Gasteiger partial charge is 0.0693 e. The van der Waals surface area contributed by atoms with Gasteiger partial charge < -0.3 is 10.1 Å². The topological polar surface area (TPSA) is 21.3 Å². The standard InChI is InChI=1S/C13H27NO/c1-9-7-6-8-13(10(9)2)14-11(3)12(4)15-5/h9-14H,6-8H2,1-5H3. The largest absolute Gasteiger partial charge is 0.380 e. The number of ether oxygens (including phenoxy) is 1. The Balaban J connectivity index is 2.42. The summed E-state index contributed by atoms with van der Waals surface area (Å²) in [4.78, 5) is 0. The third-order valence-electron chi connectivity index (χ3n) is 4.26. The van der Waals surface area contributed by atoms with Crippen LogP contribution in [0.2, 0.25) is 0 Å². The molecule has 90 valence electrons. The van der Waals surface area contributed by atoms with Crippen LogP contribution < -0.4 is 5.32 Å². The molecule has 1 N–H and O–H groups in total. The van der Waals surface area contributed by atoms with Crippen molar-refractivity contribution in [1.82, 2.24) is 5.32 Å². The van der Waals surface area contributed by atoms with Crippen molar-refractivity contribution in [2.45, 2.75) is 65.1 Å². The van der Waals surface area contributed by atoms with E-state index in [2.05, 4.69) is 33.0 Å². The number of methoxy groups -OCH3 is 1. The molecule has 0 bridgehead atoms. The molecule has 5 unspecified atom stereocenters. The summed E-state index contributed by atoms with van der Waals surface area (Å²) in [6.07, 6.45) is 4.39. The summed E-state index contributed by atoms with van der Waals surface area (Å²) in [5.74, 6) is 1.66. The quantitative estimate of drug-likeness (QED) is 0.775. The number of hydrogen-bond donors (Lipinski definition) is 1. The summed E-state index contributed by atoms with van der Waals surface area (Å²) in [5, 5.41) is 3.72. The van der Waals surface area contributed by atoms with E-state index in [1.807, 2.05) is 0 Å². The van der Waals surface area contributed by atoms with Gasteiger partial charge in [0.2, 0.25) is 0 Å². The molecule has 2 nitrogen and oxygen atoms in total. The maximum Gasteiger partial charge on any atom is 0.0693 e. The van der Waals surface area contributed by atoms with E-state index < -0.39 is 0 Å². The zero-order valence-corrected chi connectivity index (χ0v) is 10.9. The molecule has 15 heavy (non-hydrogen) atoms. The van der Waals surface area contributed by atoms with Gasteiger partial charge in [0.15, 0.2) is 0 Å². The monoisotopic (exact) mass is 213 g/mol. The SMILES string of the molecule is COC(C)C(C)NC1CCCC(C)C1C. The first-order chi connectivity index (χ1) is 7.06. The maximum absolute atomic E-state index is 5.35. The second-order valence-corrected chi connectivity index (χ2v) is 5.27. The molecule has 0 saturated heterocycles. The first-order valence-electron chi connectivity index (χ1n) is 6.35. The Morgan fingerprint density at radius 3 is 2.47 bits per heavy atom. The summed E-state index contributed by atoms with van der Waals surface area (Å²) in [6, 6.07) is 1.13. The van der Waals surface area contributed by atoms with Gasteiger partial charge in [-0.1, -0.05) is 26.7 Å². The van der Waals surface area contributed by atoms with E-state index in [0.717, 1.165) is 11.8 Å². The van der Waals surface area contributed by atoms with Crippen LogP contribution in [0.25, 0.3) is 0 Å². The lowest BCUT2D eigenvalue weighted by molar-refractivity contribution is 0.0733. The van der Waals surface area contributed by atoms with Gasteiger partial charge in [-0.05, 0) is 32.1 Å². The van der Waals surface area contributed by atoms with Crippen LogP contribution >= 0.6 is 0 Å². The van der Waals surface area contributed by atoms with Crippen molar-refractivity contribution in [3.63, 3.8) is 0 Å². The van der Waals surface area contributed by atoms with Crippen LogP contribution in [0.1, 0.15) is 47.0 Å². The lowest BCUT2D eigenvalue weighted by atomic mass is 9.78. The van der Waals surface area contributed by atoms with Gasteiger partial charge in [-0.3, -0.25) is 0 Å². The number of hydrogen-bond acceptors (Lipinski definition) is 2. The molecule has 1 aliphatic carbocycles. The molecular formula is C13H27NO. The van der Waals surface area contributed by atoms with Crippen LogP contribution in [0, 0.1) is 11.8 Å². The molecule has 0 radical (unpaired) electrons. The molecule has 1 aliphatic rings. The summed E-state index contributed by atoms with van der Waals surface area (Å²) in [5.41, 5.74) is 0. The van der Waals surface area contributed by atoms with Crippen molar-refractivity contribution in [2.75, 3.05) is 7.11 Å². The Hall–Kier alpha value is -0.0800. The van der Waals surface area contributed by atoms with Gasteiger partial charge in [0.1, 0.15) is 0 Å². The highest BCUT2D eigenvalue weighted by Crippen LogP contribution is 2.29. The van der Waals surface area contributed by atoms with E-state index >= 15 is 0 Å². The summed E-state index contributed by atoms with van der Waals surface area (Å²) in [7, 11) is 1.79. The molecule has 1 rings (SSSR count). The molecule has 2 heteroatoms. The Bertz CT molecular complexity index is 183. The van der Waals surface area contributed by atoms with Gasteiger partial charge in [0.25, 0.3) is 0 Å². The van der Waals surface area contributed by atoms with Crippen molar-refractivity contribution in [1.29, 1.82) is 0 Å². The lowest BCUT2D eigenvalue weighted by Gasteiger charge is -2.37. The minimum absolute atomic E-state index is 0.300. The van der Waals surface area contributed by atoms with E-state index in [1.165, 1.54) is 19.3 Å². The van der Waals surface area contributed by atoms with Crippen LogP contribution in [0.5, 0.6) is 0 Å². The highest BCUT2D eigenvalue weighted by molar-refractivity contribution is 4.85. The third-order valence-corrected chi connectivity index (χ3v) is 4.26. The fourth-order valence-corrected chi connectivity index (χ4v) is 2.49. The Morgan fingerprint density at radius 2 is 1.87 bits per heavy atom. The van der Waals surface area contributed by atoms with Crippen molar-refractivity contribution in [3.8, 4) is 0 Å². The average Bonchev–Trinajstić information content (AvgIpc) is 2.23. The lowest BCUT2D eigenvalue weighted by Crippen LogP contribution is -2.48. The van der Waals surface area contributed by atoms with E-state index in [0.29, 0.717) is 18.2 Å². The van der Waals surface area contributed by atoms with Crippen LogP contribution in [-0.4, -0.2) is 25.3 Å². The van der Waals surface area contributed by atoms with Gasteiger partial charge >= 0.3 is 0 Å². The zero-order valence-electron chi connectivity index (χ0n) is 10.9. The molecule has 0 aromatic heterocycles. The fraction of sp³-hybridized carbons (Fsp3) is 1.00. The van der Waals surface area contributed by atoms with Crippen LogP contribution in [0.4, 0.5) is 0 Å². The normalized spacial score (nSPS) is 36.2. The number of nitrogens with one attached hydrogen (secondary N) is 1. The van der Waals surface area contributed by atoms with Crippen LogP contribution in [0.15, 0.2) is 0 Å². The fourth-order valence-electron chi connectivity index (χ4n) is 2.49. The Labute approximate surface area is 94.8 Å². The molecule has 1 saturated carbocycles. The molecular weight excluding hydrogens is 186 g/mol. The second kappa shape index (κ2) is 5.86. The van der Waals surface area contributed by atoms with Crippen molar-refractivity contribution >= 4 is 0 Å². The van der Waals surface area contributed by atoms with Gasteiger partial charge in [-0.25, -0.2) is 0 Å². The minimum Gasteiger partial charge on any atom is -0.380 e.